The Balaban J connectivity index is 2.34. The predicted molar refractivity (Wildman–Crippen MR) is 124 cm³/mol. The van der Waals surface area contributed by atoms with E-state index in [9.17, 15) is 13.2 Å². The molecule has 1 aromatic carbocycles. The topological polar surface area (TPSA) is 121 Å². The fraction of sp³-hybridized carbons (Fsp3) is 0.524. The number of carbonyl (C=O) groups is 1. The Morgan fingerprint density at radius 1 is 1.28 bits per heavy atom. The fourth-order valence-corrected chi connectivity index (χ4v) is 5.37. The summed E-state index contributed by atoms with van der Waals surface area (Å²) in [7, 11) is -3.60. The summed E-state index contributed by atoms with van der Waals surface area (Å²) in [6.07, 6.45) is 0.261. The lowest BCUT2D eigenvalue weighted by atomic mass is 10.2. The molecule has 0 aliphatic heterocycles. The maximum Gasteiger partial charge on any atom is 0.243 e. The molecule has 0 aliphatic rings. The Bertz CT molecular complexity index is 1060. The number of nitrogens with zero attached hydrogens (tertiary/aromatic N) is 5. The molecule has 1 aromatic heterocycles. The lowest BCUT2D eigenvalue weighted by molar-refractivity contribution is -0.118. The van der Waals surface area contributed by atoms with Crippen LogP contribution in [0.4, 0.5) is 0 Å². The summed E-state index contributed by atoms with van der Waals surface area (Å²) in [5, 5.41) is 20.4. The molecule has 9 nitrogen and oxygen atoms in total. The van der Waals surface area contributed by atoms with Crippen molar-refractivity contribution in [1.29, 1.82) is 5.26 Å². The van der Waals surface area contributed by atoms with E-state index in [1.54, 1.807) is 18.2 Å². The molecule has 0 saturated heterocycles. The molecule has 0 unspecified atom stereocenters. The minimum atomic E-state index is -3.60. The highest BCUT2D eigenvalue weighted by atomic mass is 32.2. The second-order valence-corrected chi connectivity index (χ2v) is 10.4. The summed E-state index contributed by atoms with van der Waals surface area (Å²) in [5.41, 5.74) is 0.650. The number of sulfonamides is 1. The third kappa shape index (κ3) is 6.54. The maximum atomic E-state index is 12.9. The maximum absolute atomic E-state index is 12.9. The van der Waals surface area contributed by atoms with Gasteiger partial charge in [-0.15, -0.1) is 10.2 Å². The van der Waals surface area contributed by atoms with Crippen molar-refractivity contribution in [1.82, 2.24) is 24.4 Å². The van der Waals surface area contributed by atoms with Crippen molar-refractivity contribution < 1.29 is 13.2 Å². The Kier molecular flexibility index (Phi) is 9.68. The lowest BCUT2D eigenvalue weighted by Crippen LogP contribution is -2.30. The van der Waals surface area contributed by atoms with Gasteiger partial charge in [-0.1, -0.05) is 51.6 Å². The van der Waals surface area contributed by atoms with Crippen LogP contribution in [0.1, 0.15) is 34.1 Å². The summed E-state index contributed by atoms with van der Waals surface area (Å²) in [4.78, 5) is 12.2. The zero-order valence-corrected chi connectivity index (χ0v) is 20.5. The second-order valence-electron chi connectivity index (χ2n) is 7.47. The zero-order chi connectivity index (χ0) is 23.7. The van der Waals surface area contributed by atoms with Crippen molar-refractivity contribution in [2.24, 2.45) is 5.92 Å². The van der Waals surface area contributed by atoms with Crippen LogP contribution in [-0.4, -0.2) is 58.8 Å². The first-order valence-corrected chi connectivity index (χ1v) is 13.0. The highest BCUT2D eigenvalue weighted by Crippen LogP contribution is 2.27. The van der Waals surface area contributed by atoms with Crippen molar-refractivity contribution in [2.45, 2.75) is 50.7 Å². The Morgan fingerprint density at radius 2 is 2.00 bits per heavy atom. The van der Waals surface area contributed by atoms with Crippen LogP contribution in [0.2, 0.25) is 0 Å². The molecule has 0 spiro atoms. The van der Waals surface area contributed by atoms with Gasteiger partial charge in [0.2, 0.25) is 15.9 Å². The van der Waals surface area contributed by atoms with E-state index in [1.165, 1.54) is 16.1 Å². The number of rotatable bonds is 12. The van der Waals surface area contributed by atoms with Crippen molar-refractivity contribution in [3.8, 4) is 17.5 Å². The minimum absolute atomic E-state index is 0.151. The van der Waals surface area contributed by atoms with E-state index in [1.807, 2.05) is 30.6 Å². The van der Waals surface area contributed by atoms with Crippen molar-refractivity contribution >= 4 is 27.7 Å². The van der Waals surface area contributed by atoms with Gasteiger partial charge in [-0.2, -0.15) is 9.57 Å². The largest absolute Gasteiger partial charge is 0.354 e. The highest BCUT2D eigenvalue weighted by Gasteiger charge is 2.23. The molecule has 11 heteroatoms. The Morgan fingerprint density at radius 3 is 2.62 bits per heavy atom. The van der Waals surface area contributed by atoms with Gasteiger partial charge in [-0.3, -0.25) is 4.79 Å². The quantitative estimate of drug-likeness (QED) is 0.368. The Hall–Kier alpha value is -2.42. The number of hydrogen-bond donors (Lipinski definition) is 1. The molecule has 1 N–H and O–H groups in total. The van der Waals surface area contributed by atoms with Gasteiger partial charge in [0.05, 0.1) is 23.1 Å². The summed E-state index contributed by atoms with van der Waals surface area (Å²) in [6.45, 7) is 9.46. The van der Waals surface area contributed by atoms with E-state index in [0.717, 1.165) is 0 Å². The molecule has 2 aromatic rings. The Labute approximate surface area is 194 Å². The zero-order valence-electron chi connectivity index (χ0n) is 18.9. The lowest BCUT2D eigenvalue weighted by Gasteiger charge is -2.19. The molecule has 1 amide bonds. The molecule has 0 aliphatic carbocycles. The number of amides is 1. The number of nitriles is 1. The SMILES string of the molecule is CCN(CC)S(=O)(=O)c1cccc(-c2nnc(SCC(=O)NCCC#N)n2CC(C)C)c1. The number of hydrogen-bond acceptors (Lipinski definition) is 7. The van der Waals surface area contributed by atoms with Crippen molar-refractivity contribution in [3.63, 3.8) is 0 Å². The average Bonchev–Trinajstić information content (AvgIpc) is 3.15. The first kappa shape index (κ1) is 25.8. The summed E-state index contributed by atoms with van der Waals surface area (Å²) >= 11 is 1.26. The summed E-state index contributed by atoms with van der Waals surface area (Å²) < 4.78 is 29.2. The summed E-state index contributed by atoms with van der Waals surface area (Å²) in [5.74, 6) is 0.815. The van der Waals surface area contributed by atoms with Crippen molar-refractivity contribution in [2.75, 3.05) is 25.4 Å². The number of nitrogens with one attached hydrogen (secondary N) is 1. The molecular formula is C21H30N6O3S2. The van der Waals surface area contributed by atoms with E-state index in [4.69, 9.17) is 5.26 Å². The normalized spacial score (nSPS) is 11.7. The first-order chi connectivity index (χ1) is 15.2. The third-order valence-corrected chi connectivity index (χ3v) is 7.60. The molecule has 0 radical (unpaired) electrons. The van der Waals surface area contributed by atoms with Gasteiger partial charge < -0.3 is 9.88 Å². The molecule has 0 bridgehead atoms. The van der Waals surface area contributed by atoms with Gasteiger partial charge in [-0.05, 0) is 18.1 Å². The monoisotopic (exact) mass is 478 g/mol. The predicted octanol–water partition coefficient (Wildman–Crippen LogP) is 2.75. The van der Waals surface area contributed by atoms with Gasteiger partial charge in [0.1, 0.15) is 0 Å². The van der Waals surface area contributed by atoms with Crippen LogP contribution in [-0.2, 0) is 21.4 Å². The van der Waals surface area contributed by atoms with Crippen molar-refractivity contribution in [3.05, 3.63) is 24.3 Å². The van der Waals surface area contributed by atoms with Crippen LogP contribution in [0.25, 0.3) is 11.4 Å². The van der Waals surface area contributed by atoms with Crippen LogP contribution < -0.4 is 5.32 Å². The number of thioether (sulfide) groups is 1. The average molecular weight is 479 g/mol. The molecule has 1 heterocycles. The molecule has 0 atom stereocenters. The van der Waals surface area contributed by atoms with Crippen LogP contribution in [0.5, 0.6) is 0 Å². The van der Waals surface area contributed by atoms with Crippen LogP contribution in [0.15, 0.2) is 34.3 Å². The van der Waals surface area contributed by atoms with Gasteiger partial charge in [-0.25, -0.2) is 8.42 Å². The van der Waals surface area contributed by atoms with Gasteiger partial charge in [0, 0.05) is 31.7 Å². The molecule has 0 saturated carbocycles. The first-order valence-electron chi connectivity index (χ1n) is 10.5. The van der Waals surface area contributed by atoms with Gasteiger partial charge in [0.25, 0.3) is 0 Å². The van der Waals surface area contributed by atoms with Crippen LogP contribution in [0.3, 0.4) is 0 Å². The smallest absolute Gasteiger partial charge is 0.243 e. The van der Waals surface area contributed by atoms with E-state index < -0.39 is 10.0 Å². The minimum Gasteiger partial charge on any atom is -0.354 e. The molecule has 32 heavy (non-hydrogen) atoms. The number of aromatic nitrogens is 3. The van der Waals surface area contributed by atoms with E-state index in [-0.39, 0.29) is 28.9 Å². The fourth-order valence-electron chi connectivity index (χ4n) is 3.09. The second kappa shape index (κ2) is 12.0. The molecular weight excluding hydrogens is 448 g/mol. The van der Waals surface area contributed by atoms with Crippen LogP contribution >= 0.6 is 11.8 Å². The highest BCUT2D eigenvalue weighted by molar-refractivity contribution is 7.99. The summed E-state index contributed by atoms with van der Waals surface area (Å²) in [6, 6.07) is 8.71. The molecule has 0 fully saturated rings. The molecule has 2 rings (SSSR count). The van der Waals surface area contributed by atoms with Gasteiger partial charge >= 0.3 is 0 Å². The molecule has 174 valence electrons. The number of carbonyl (C=O) groups excluding carboxylic acids is 1. The van der Waals surface area contributed by atoms with E-state index >= 15 is 0 Å². The third-order valence-electron chi connectivity index (χ3n) is 4.59. The van der Waals surface area contributed by atoms with Crippen LogP contribution in [0, 0.1) is 17.2 Å². The van der Waals surface area contributed by atoms with Gasteiger partial charge in [0.15, 0.2) is 11.0 Å². The van der Waals surface area contributed by atoms with E-state index in [2.05, 4.69) is 29.4 Å². The van der Waals surface area contributed by atoms with E-state index in [0.29, 0.717) is 42.7 Å². The standard InChI is InChI=1S/C21H30N6O3S2/c1-5-26(6-2)32(29,30)18-10-7-9-17(13-18)20-24-25-21(27(20)14-16(3)4)31-15-19(28)23-12-8-11-22/h7,9-10,13,16H,5-6,8,12,14-15H2,1-4H3,(H,23,28). The number of benzene rings is 1.